The molecule has 1 aromatic rings. The number of nitrogens with zero attached hydrogens (tertiary/aromatic N) is 1. The minimum Gasteiger partial charge on any atom is -0.311 e. The van der Waals surface area contributed by atoms with Crippen molar-refractivity contribution >= 4 is 22.9 Å². The fourth-order valence-electron chi connectivity index (χ4n) is 2.39. The van der Waals surface area contributed by atoms with Crippen molar-refractivity contribution in [2.75, 3.05) is 26.2 Å². The highest BCUT2D eigenvalue weighted by Crippen LogP contribution is 2.22. The van der Waals surface area contributed by atoms with E-state index >= 15 is 0 Å². The zero-order valence-electron chi connectivity index (χ0n) is 10.4. The van der Waals surface area contributed by atoms with Crippen LogP contribution in [0.1, 0.15) is 24.6 Å². The van der Waals surface area contributed by atoms with Gasteiger partial charge in [-0.1, -0.05) is 24.9 Å². The maximum Gasteiger partial charge on any atom is 0.0931 e. The van der Waals surface area contributed by atoms with Crippen molar-refractivity contribution in [2.24, 2.45) is 0 Å². The van der Waals surface area contributed by atoms with Gasteiger partial charge in [0.25, 0.3) is 0 Å². The molecular weight excluding hydrogens is 252 g/mol. The lowest BCUT2D eigenvalue weighted by molar-refractivity contribution is 0.196. The first-order chi connectivity index (χ1) is 8.28. The van der Waals surface area contributed by atoms with Crippen LogP contribution in [0, 0.1) is 0 Å². The summed E-state index contributed by atoms with van der Waals surface area (Å²) in [5.74, 6) is 0. The summed E-state index contributed by atoms with van der Waals surface area (Å²) in [6, 6.07) is 4.85. The summed E-state index contributed by atoms with van der Waals surface area (Å²) >= 11 is 7.65. The highest BCUT2D eigenvalue weighted by molar-refractivity contribution is 7.16. The summed E-state index contributed by atoms with van der Waals surface area (Å²) in [5.41, 5.74) is 0. The lowest BCUT2D eigenvalue weighted by Crippen LogP contribution is -2.50. The molecule has 17 heavy (non-hydrogen) atoms. The van der Waals surface area contributed by atoms with E-state index in [0.29, 0.717) is 6.04 Å². The Bertz CT molecular complexity index is 338. The number of hydrogen-bond donors (Lipinski definition) is 1. The third-order valence-corrected chi connectivity index (χ3v) is 4.57. The van der Waals surface area contributed by atoms with E-state index in [9.17, 15) is 0 Å². The number of rotatable bonds is 5. The number of hydrogen-bond acceptors (Lipinski definition) is 3. The predicted octanol–water partition coefficient (Wildman–Crippen LogP) is 3.02. The Morgan fingerprint density at radius 1 is 1.53 bits per heavy atom. The van der Waals surface area contributed by atoms with Gasteiger partial charge in [0.1, 0.15) is 0 Å². The standard InChI is InChI=1S/C13H21ClN2S/c1-2-3-11-10-16(9-7-15-11)8-6-12-4-5-13(14)17-12/h4-5,11,15H,2-3,6-10H2,1H3. The summed E-state index contributed by atoms with van der Waals surface area (Å²) in [6.07, 6.45) is 3.70. The third kappa shape index (κ3) is 4.25. The van der Waals surface area contributed by atoms with Crippen molar-refractivity contribution in [1.29, 1.82) is 0 Å². The molecule has 2 rings (SSSR count). The number of halogens is 1. The molecule has 96 valence electrons. The summed E-state index contributed by atoms with van der Waals surface area (Å²) < 4.78 is 0.907. The van der Waals surface area contributed by atoms with Crippen LogP contribution < -0.4 is 5.32 Å². The van der Waals surface area contributed by atoms with E-state index in [1.807, 2.05) is 6.07 Å². The van der Waals surface area contributed by atoms with Gasteiger partial charge >= 0.3 is 0 Å². The molecule has 1 saturated heterocycles. The molecule has 1 aliphatic heterocycles. The van der Waals surface area contributed by atoms with Crippen molar-refractivity contribution in [2.45, 2.75) is 32.2 Å². The molecule has 4 heteroatoms. The molecule has 0 bridgehead atoms. The maximum absolute atomic E-state index is 5.94. The van der Waals surface area contributed by atoms with E-state index in [-0.39, 0.29) is 0 Å². The largest absolute Gasteiger partial charge is 0.311 e. The van der Waals surface area contributed by atoms with Crippen LogP contribution in [-0.2, 0) is 6.42 Å². The molecule has 0 saturated carbocycles. The van der Waals surface area contributed by atoms with Gasteiger partial charge in [0.2, 0.25) is 0 Å². The van der Waals surface area contributed by atoms with Gasteiger partial charge in [-0.3, -0.25) is 0 Å². The zero-order valence-corrected chi connectivity index (χ0v) is 12.0. The van der Waals surface area contributed by atoms with Crippen molar-refractivity contribution in [3.05, 3.63) is 21.3 Å². The average molecular weight is 273 g/mol. The molecule has 0 amide bonds. The highest BCUT2D eigenvalue weighted by Gasteiger charge is 2.17. The quantitative estimate of drug-likeness (QED) is 0.886. The molecule has 1 fully saturated rings. The summed E-state index contributed by atoms with van der Waals surface area (Å²) in [5, 5.41) is 3.59. The molecule has 1 aromatic heterocycles. The Balaban J connectivity index is 1.75. The summed E-state index contributed by atoms with van der Waals surface area (Å²) in [7, 11) is 0. The van der Waals surface area contributed by atoms with E-state index in [1.165, 1.54) is 37.4 Å². The molecule has 2 heterocycles. The number of piperazine rings is 1. The Morgan fingerprint density at radius 3 is 3.12 bits per heavy atom. The van der Waals surface area contributed by atoms with Gasteiger partial charge in [0.05, 0.1) is 4.34 Å². The second-order valence-corrected chi connectivity index (χ2v) is 6.50. The normalized spacial score (nSPS) is 21.9. The van der Waals surface area contributed by atoms with Gasteiger partial charge in [-0.25, -0.2) is 0 Å². The van der Waals surface area contributed by atoms with Gasteiger partial charge in [-0.15, -0.1) is 11.3 Å². The highest BCUT2D eigenvalue weighted by atomic mass is 35.5. The minimum absolute atomic E-state index is 0.695. The van der Waals surface area contributed by atoms with E-state index in [1.54, 1.807) is 11.3 Å². The molecule has 0 radical (unpaired) electrons. The van der Waals surface area contributed by atoms with Crippen LogP contribution in [0.25, 0.3) is 0 Å². The molecule has 0 spiro atoms. The molecule has 1 N–H and O–H groups in total. The van der Waals surface area contributed by atoms with Crippen LogP contribution in [0.4, 0.5) is 0 Å². The Hall–Kier alpha value is -0.0900. The lowest BCUT2D eigenvalue weighted by Gasteiger charge is -2.33. The molecule has 1 aliphatic rings. The SMILES string of the molecule is CCCC1CN(CCc2ccc(Cl)s2)CCN1. The monoisotopic (exact) mass is 272 g/mol. The average Bonchev–Trinajstić information content (AvgIpc) is 2.74. The summed E-state index contributed by atoms with van der Waals surface area (Å²) in [6.45, 7) is 6.94. The van der Waals surface area contributed by atoms with Crippen molar-refractivity contribution in [3.63, 3.8) is 0 Å². The Morgan fingerprint density at radius 2 is 2.41 bits per heavy atom. The van der Waals surface area contributed by atoms with Crippen LogP contribution in [0.2, 0.25) is 4.34 Å². The number of thiophene rings is 1. The molecule has 0 aromatic carbocycles. The first kappa shape index (κ1) is 13.3. The minimum atomic E-state index is 0.695. The van der Waals surface area contributed by atoms with Gasteiger partial charge in [-0.2, -0.15) is 0 Å². The van der Waals surface area contributed by atoms with Gasteiger partial charge in [-0.05, 0) is 25.0 Å². The second kappa shape index (κ2) is 6.74. The van der Waals surface area contributed by atoms with Crippen LogP contribution in [0.3, 0.4) is 0 Å². The maximum atomic E-state index is 5.94. The fraction of sp³-hybridized carbons (Fsp3) is 0.692. The van der Waals surface area contributed by atoms with Crippen molar-refractivity contribution in [3.8, 4) is 0 Å². The predicted molar refractivity (Wildman–Crippen MR) is 76.2 cm³/mol. The molecule has 0 aliphatic carbocycles. The number of nitrogens with one attached hydrogen (secondary N) is 1. The zero-order chi connectivity index (χ0) is 12.1. The summed E-state index contributed by atoms with van der Waals surface area (Å²) in [4.78, 5) is 3.98. The molecule has 2 nitrogen and oxygen atoms in total. The second-order valence-electron chi connectivity index (χ2n) is 4.70. The Kier molecular flexibility index (Phi) is 5.29. The van der Waals surface area contributed by atoms with E-state index in [2.05, 4.69) is 23.2 Å². The fourth-order valence-corrected chi connectivity index (χ4v) is 3.47. The lowest BCUT2D eigenvalue weighted by atomic mass is 10.1. The smallest absolute Gasteiger partial charge is 0.0931 e. The van der Waals surface area contributed by atoms with Crippen LogP contribution in [0.15, 0.2) is 12.1 Å². The van der Waals surface area contributed by atoms with Gasteiger partial charge in [0.15, 0.2) is 0 Å². The van der Waals surface area contributed by atoms with Crippen LogP contribution >= 0.6 is 22.9 Å². The van der Waals surface area contributed by atoms with Crippen LogP contribution in [-0.4, -0.2) is 37.1 Å². The molecular formula is C13H21ClN2S. The first-order valence-electron chi connectivity index (χ1n) is 6.48. The molecule has 1 unspecified atom stereocenters. The van der Waals surface area contributed by atoms with Crippen LogP contribution in [0.5, 0.6) is 0 Å². The van der Waals surface area contributed by atoms with Crippen molar-refractivity contribution in [1.82, 2.24) is 10.2 Å². The third-order valence-electron chi connectivity index (χ3n) is 3.28. The first-order valence-corrected chi connectivity index (χ1v) is 7.67. The van der Waals surface area contributed by atoms with Gasteiger partial charge < -0.3 is 10.2 Å². The van der Waals surface area contributed by atoms with E-state index < -0.39 is 0 Å². The molecule has 1 atom stereocenters. The van der Waals surface area contributed by atoms with Gasteiger partial charge in [0, 0.05) is 37.1 Å². The van der Waals surface area contributed by atoms with E-state index in [0.717, 1.165) is 17.3 Å². The van der Waals surface area contributed by atoms with E-state index in [4.69, 9.17) is 11.6 Å². The Labute approximate surface area is 113 Å². The topological polar surface area (TPSA) is 15.3 Å². The van der Waals surface area contributed by atoms with Crippen molar-refractivity contribution < 1.29 is 0 Å².